The fourth-order valence-corrected chi connectivity index (χ4v) is 4.68. The Hall–Kier alpha value is -3.59. The Morgan fingerprint density at radius 2 is 1.04 bits per heavy atom. The molecule has 3 N–H and O–H groups in total. The number of esters is 2. The number of phosphoric ester groups is 1. The molecule has 0 aliphatic heterocycles. The van der Waals surface area contributed by atoms with Crippen molar-refractivity contribution >= 4 is 19.8 Å². The molecule has 0 spiro atoms. The summed E-state index contributed by atoms with van der Waals surface area (Å²) in [4.78, 5) is 42.7. The van der Waals surface area contributed by atoms with Crippen molar-refractivity contribution in [2.24, 2.45) is 0 Å². The number of unbranched alkanes of at least 4 members (excludes halogenated alkanes) is 1. The molecule has 0 aromatic heterocycles. The fourth-order valence-electron chi connectivity index (χ4n) is 4.32. The van der Waals surface area contributed by atoms with Crippen molar-refractivity contribution in [1.82, 2.24) is 0 Å². The minimum atomic E-state index is -4.83. The number of ether oxygens (including phenoxy) is 2. The smallest absolute Gasteiger partial charge is 0.462 e. The van der Waals surface area contributed by atoms with Crippen molar-refractivity contribution in [2.45, 2.75) is 122 Å². The summed E-state index contributed by atoms with van der Waals surface area (Å²) in [6.45, 7) is 3.21. The van der Waals surface area contributed by atoms with Crippen molar-refractivity contribution in [3.8, 4) is 0 Å². The molecular formula is C43H65O9P. The minimum absolute atomic E-state index is 0.0392. The number of carbonyl (C=O) groups is 2. The molecule has 0 bridgehead atoms. The molecule has 1 unspecified atom stereocenters. The van der Waals surface area contributed by atoms with Crippen molar-refractivity contribution in [3.05, 3.63) is 122 Å². The number of hydrogen-bond acceptors (Lipinski definition) is 7. The van der Waals surface area contributed by atoms with Gasteiger partial charge in [-0.2, -0.15) is 0 Å². The van der Waals surface area contributed by atoms with Crippen LogP contribution in [0, 0.1) is 0 Å². The van der Waals surface area contributed by atoms with E-state index < -0.39 is 45.2 Å². The zero-order valence-electron chi connectivity index (χ0n) is 32.0. The number of carbonyl (C=O) groups excluding carboxylic acids is 2. The Morgan fingerprint density at radius 1 is 0.585 bits per heavy atom. The average molecular weight is 757 g/mol. The highest BCUT2D eigenvalue weighted by Gasteiger charge is 2.23. The van der Waals surface area contributed by atoms with Crippen LogP contribution in [0.15, 0.2) is 122 Å². The van der Waals surface area contributed by atoms with E-state index >= 15 is 0 Å². The van der Waals surface area contributed by atoms with Gasteiger partial charge in [0, 0.05) is 12.8 Å². The monoisotopic (exact) mass is 756 g/mol. The molecule has 2 atom stereocenters. The third-order valence-electron chi connectivity index (χ3n) is 7.08. The van der Waals surface area contributed by atoms with Crippen LogP contribution in [-0.4, -0.2) is 52.3 Å². The highest BCUT2D eigenvalue weighted by molar-refractivity contribution is 7.46. The van der Waals surface area contributed by atoms with Gasteiger partial charge in [-0.1, -0.05) is 135 Å². The third kappa shape index (κ3) is 39.5. The maximum absolute atomic E-state index is 12.4. The summed E-state index contributed by atoms with van der Waals surface area (Å²) in [7, 11) is -4.83. The van der Waals surface area contributed by atoms with Gasteiger partial charge in [-0.25, -0.2) is 4.57 Å². The summed E-state index contributed by atoms with van der Waals surface area (Å²) in [6, 6.07) is 0. The Morgan fingerprint density at radius 3 is 1.53 bits per heavy atom. The van der Waals surface area contributed by atoms with Crippen molar-refractivity contribution in [1.29, 1.82) is 0 Å². The van der Waals surface area contributed by atoms with Gasteiger partial charge in [0.2, 0.25) is 0 Å². The molecule has 9 nitrogen and oxygen atoms in total. The lowest BCUT2D eigenvalue weighted by atomic mass is 10.1. The molecular weight excluding hydrogens is 691 g/mol. The molecule has 0 aliphatic rings. The first-order valence-corrected chi connectivity index (χ1v) is 20.5. The second kappa shape index (κ2) is 36.8. The second-order valence-electron chi connectivity index (χ2n) is 12.0. The highest BCUT2D eigenvalue weighted by atomic mass is 31.2. The lowest BCUT2D eigenvalue weighted by Gasteiger charge is -2.18. The number of aliphatic hydroxyl groups excluding tert-OH is 1. The Labute approximate surface area is 319 Å². The minimum Gasteiger partial charge on any atom is -0.462 e. The SMILES string of the molecule is CC/C=C\C/C=C\C/C=C\C/C=C\C=C\C(O)CCCC(=O)O[C@H](COC(=O)CCC/C=C\C/C=C\C/C=C\C/C=C\C/C=C\CC)COP(=O)(O)O. The van der Waals surface area contributed by atoms with Crippen LogP contribution < -0.4 is 0 Å². The zero-order chi connectivity index (χ0) is 39.1. The molecule has 53 heavy (non-hydrogen) atoms. The Bertz CT molecular complexity index is 1280. The van der Waals surface area contributed by atoms with E-state index in [0.717, 1.165) is 57.8 Å². The zero-order valence-corrected chi connectivity index (χ0v) is 32.9. The lowest BCUT2D eigenvalue weighted by Crippen LogP contribution is -2.29. The number of rotatable bonds is 32. The largest absolute Gasteiger partial charge is 0.469 e. The molecule has 0 heterocycles. The molecule has 0 amide bonds. The molecule has 0 fully saturated rings. The van der Waals surface area contributed by atoms with E-state index in [-0.39, 0.29) is 12.8 Å². The Kier molecular flexibility index (Phi) is 34.3. The second-order valence-corrected chi connectivity index (χ2v) is 13.2. The Balaban J connectivity index is 4.31. The van der Waals surface area contributed by atoms with Crippen LogP contribution in [0.25, 0.3) is 0 Å². The molecule has 0 radical (unpaired) electrons. The van der Waals surface area contributed by atoms with Gasteiger partial charge in [-0.05, 0) is 83.5 Å². The van der Waals surface area contributed by atoms with Crippen LogP contribution in [0.1, 0.15) is 110 Å². The van der Waals surface area contributed by atoms with E-state index in [1.165, 1.54) is 0 Å². The van der Waals surface area contributed by atoms with E-state index in [9.17, 15) is 19.3 Å². The molecule has 0 aliphatic carbocycles. The van der Waals surface area contributed by atoms with Crippen LogP contribution in [0.3, 0.4) is 0 Å². The predicted molar refractivity (Wildman–Crippen MR) is 217 cm³/mol. The number of hydrogen-bond donors (Lipinski definition) is 3. The van der Waals surface area contributed by atoms with Gasteiger partial charge in [-0.3, -0.25) is 14.1 Å². The van der Waals surface area contributed by atoms with Crippen molar-refractivity contribution in [3.63, 3.8) is 0 Å². The lowest BCUT2D eigenvalue weighted by molar-refractivity contribution is -0.161. The van der Waals surface area contributed by atoms with Crippen LogP contribution in [-0.2, 0) is 28.2 Å². The van der Waals surface area contributed by atoms with Gasteiger partial charge >= 0.3 is 19.8 Å². The van der Waals surface area contributed by atoms with Gasteiger partial charge in [-0.15, -0.1) is 0 Å². The molecule has 0 aromatic rings. The summed E-state index contributed by atoms with van der Waals surface area (Å²) < 4.78 is 26.1. The fraction of sp³-hybridized carbons (Fsp3) is 0.488. The molecule has 0 aromatic carbocycles. The highest BCUT2D eigenvalue weighted by Crippen LogP contribution is 2.35. The first-order chi connectivity index (χ1) is 25.7. The maximum atomic E-state index is 12.4. The molecule has 0 saturated heterocycles. The van der Waals surface area contributed by atoms with E-state index in [4.69, 9.17) is 19.3 Å². The van der Waals surface area contributed by atoms with E-state index in [1.54, 1.807) is 12.2 Å². The van der Waals surface area contributed by atoms with Crippen LogP contribution in [0.4, 0.5) is 0 Å². The van der Waals surface area contributed by atoms with Gasteiger partial charge in [0.15, 0.2) is 6.10 Å². The molecule has 0 saturated carbocycles. The third-order valence-corrected chi connectivity index (χ3v) is 7.57. The van der Waals surface area contributed by atoms with Crippen molar-refractivity contribution in [2.75, 3.05) is 13.2 Å². The summed E-state index contributed by atoms with van der Waals surface area (Å²) in [5.74, 6) is -1.17. The normalized spacial score (nSPS) is 14.4. The number of phosphoric acid groups is 1. The number of aliphatic hydroxyl groups is 1. The molecule has 10 heteroatoms. The van der Waals surface area contributed by atoms with E-state index in [2.05, 4.69) is 103 Å². The molecule has 296 valence electrons. The van der Waals surface area contributed by atoms with Gasteiger partial charge in [0.25, 0.3) is 0 Å². The standard InChI is InChI=1S/C43H65O9P/c1-3-5-7-9-11-13-15-17-18-19-20-22-24-26-28-30-32-36-42(45)50-38-41(39-51-53(47,48)49)52-43(46)37-33-35-40(44)34-31-29-27-25-23-21-16-14-12-10-8-6-4-2/h5-8,11-14,17-18,20-23,26-29,31,34,40-41,44H,3-4,9-10,15-16,19,24-25,30,32-33,35-39H2,1-2H3,(H2,47,48,49)/b7-5-,8-6-,13-11-,14-12-,18-17-,22-20-,23-21-,28-26-,29-27-,34-31+/t40?,41-/m1/s1. The van der Waals surface area contributed by atoms with E-state index in [0.29, 0.717) is 25.7 Å². The van der Waals surface area contributed by atoms with Crippen LogP contribution in [0.2, 0.25) is 0 Å². The first kappa shape index (κ1) is 49.4. The number of allylic oxidation sites excluding steroid dienone is 19. The maximum Gasteiger partial charge on any atom is 0.469 e. The molecule has 0 rings (SSSR count). The van der Waals surface area contributed by atoms with Crippen LogP contribution in [0.5, 0.6) is 0 Å². The van der Waals surface area contributed by atoms with Crippen molar-refractivity contribution < 1.29 is 43.0 Å². The van der Waals surface area contributed by atoms with Gasteiger partial charge in [0.1, 0.15) is 6.61 Å². The average Bonchev–Trinajstić information content (AvgIpc) is 3.12. The van der Waals surface area contributed by atoms with Crippen LogP contribution >= 0.6 is 7.82 Å². The van der Waals surface area contributed by atoms with Gasteiger partial charge < -0.3 is 24.4 Å². The summed E-state index contributed by atoms with van der Waals surface area (Å²) >= 11 is 0. The van der Waals surface area contributed by atoms with E-state index in [1.807, 2.05) is 24.3 Å². The predicted octanol–water partition coefficient (Wildman–Crippen LogP) is 10.4. The quantitative estimate of drug-likeness (QED) is 0.0201. The topological polar surface area (TPSA) is 140 Å². The summed E-state index contributed by atoms with van der Waals surface area (Å²) in [5.41, 5.74) is 0. The summed E-state index contributed by atoms with van der Waals surface area (Å²) in [5, 5.41) is 10.2. The summed E-state index contributed by atoms with van der Waals surface area (Å²) in [6.07, 6.45) is 49.6. The van der Waals surface area contributed by atoms with Gasteiger partial charge in [0.05, 0.1) is 12.7 Å². The first-order valence-electron chi connectivity index (χ1n) is 18.9.